The number of rotatable bonds is 0. The van der Waals surface area contributed by atoms with Gasteiger partial charge in [-0.3, -0.25) is 0 Å². The zero-order chi connectivity index (χ0) is 0. The van der Waals surface area contributed by atoms with Crippen LogP contribution in [0.3, 0.4) is 0 Å². The van der Waals surface area contributed by atoms with E-state index in [9.17, 15) is 0 Å². The first-order valence-electron chi connectivity index (χ1n) is 0. The Morgan fingerprint density at radius 3 is 0.500 bits per heavy atom. The Hall–Kier alpha value is 2.83. The van der Waals surface area contributed by atoms with E-state index in [1.165, 1.54) is 0 Å². The summed E-state index contributed by atoms with van der Waals surface area (Å²) in [6.07, 6.45) is 0. The molecule has 38 valence electrons. The first-order valence-corrected chi connectivity index (χ1v) is 0. The maximum absolute atomic E-state index is 0. The molecule has 6 heteroatoms. The van der Waals surface area contributed by atoms with Gasteiger partial charge in [0.2, 0.25) is 0 Å². The van der Waals surface area contributed by atoms with E-state index in [2.05, 4.69) is 0 Å². The van der Waals surface area contributed by atoms with Crippen LogP contribution in [-0.2, 0) is 43.4 Å². The minimum absolute atomic E-state index is 0. The fourth-order valence-corrected chi connectivity index (χ4v) is 0. The van der Waals surface area contributed by atoms with Crippen molar-refractivity contribution < 1.29 is 43.4 Å². The number of hydrogen-bond donors (Lipinski definition) is 0. The Bertz CT molecular complexity index is 8.75. The molecule has 0 fully saturated rings. The van der Waals surface area contributed by atoms with Gasteiger partial charge in [0.05, 0.1) is 0 Å². The molecule has 0 aromatic heterocycles. The van der Waals surface area contributed by atoms with Gasteiger partial charge in [0, 0.05) is 43.4 Å². The molecule has 6 heavy (non-hydrogen) atoms. The van der Waals surface area contributed by atoms with Crippen LogP contribution in [0.5, 0.6) is 0 Å². The molecule has 0 radical (unpaired) electrons. The predicted molar refractivity (Wildman–Crippen MR) is 31.7 cm³/mol. The Morgan fingerprint density at radius 1 is 0.500 bits per heavy atom. The molecule has 0 rings (SSSR count). The van der Waals surface area contributed by atoms with Gasteiger partial charge in [0.25, 0.3) is 0 Å². The third-order valence-corrected chi connectivity index (χ3v) is 0. The molecule has 0 spiro atoms. The molecule has 0 amide bonds. The normalized spacial score (nSPS) is 0. The second-order valence-electron chi connectivity index (χ2n) is 0. The van der Waals surface area contributed by atoms with E-state index in [-0.39, 0.29) is 98.0 Å². The molecular formula is H6AlCl3Ti2. The Morgan fingerprint density at radius 2 is 0.500 bits per heavy atom. The third-order valence-electron chi connectivity index (χ3n) is 0. The van der Waals surface area contributed by atoms with Gasteiger partial charge in [-0.2, -0.15) is 0 Å². The van der Waals surface area contributed by atoms with E-state index >= 15 is 0 Å². The van der Waals surface area contributed by atoms with E-state index in [1.54, 1.807) is 0 Å². The summed E-state index contributed by atoms with van der Waals surface area (Å²) >= 11 is 0. The number of hydrogen-bond acceptors (Lipinski definition) is 0. The van der Waals surface area contributed by atoms with Crippen LogP contribution in [0.15, 0.2) is 0 Å². The van der Waals surface area contributed by atoms with Gasteiger partial charge in [0.15, 0.2) is 17.4 Å². The van der Waals surface area contributed by atoms with Crippen LogP contribution in [0.1, 0.15) is 0 Å². The molecule has 0 bridgehead atoms. The minimum Gasteiger partial charge on any atom is -0.147 e. The van der Waals surface area contributed by atoms with Crippen molar-refractivity contribution in [3.8, 4) is 0 Å². The average Bonchev–Trinajstić information content (AvgIpc) is 0. The Balaban J connectivity index is 0. The van der Waals surface area contributed by atoms with Crippen molar-refractivity contribution in [2.45, 2.75) is 0 Å². The van der Waals surface area contributed by atoms with Crippen molar-refractivity contribution in [1.29, 1.82) is 0 Å². The molecule has 0 saturated heterocycles. The second kappa shape index (κ2) is 45.6. The van der Waals surface area contributed by atoms with E-state index in [1.807, 2.05) is 0 Å². The van der Waals surface area contributed by atoms with Crippen LogP contribution in [-0.4, -0.2) is 17.4 Å². The predicted octanol–water partition coefficient (Wildman–Crippen LogP) is 0.0765. The molecule has 0 aliphatic heterocycles. The van der Waals surface area contributed by atoms with Gasteiger partial charge in [-0.15, -0.1) is 37.2 Å². The standard InChI is InChI=1S/Al.3ClH.2Ti.3H/h;3*1H;;;;;. The molecule has 0 N–H and O–H groups in total. The Kier molecular flexibility index (Phi) is 513. The molecule has 0 nitrogen and oxygen atoms in total. The Labute approximate surface area is 96.7 Å². The summed E-state index contributed by atoms with van der Waals surface area (Å²) in [6.45, 7) is 0. The summed E-state index contributed by atoms with van der Waals surface area (Å²) in [5.74, 6) is 0. The molecule has 0 aromatic carbocycles. The van der Waals surface area contributed by atoms with Crippen molar-refractivity contribution in [2.24, 2.45) is 0 Å². The molecule has 0 aliphatic carbocycles. The van der Waals surface area contributed by atoms with E-state index in [0.29, 0.717) is 0 Å². The smallest absolute Gasteiger partial charge is 0.147 e. The topological polar surface area (TPSA) is 0 Å². The molecule has 0 atom stereocenters. The van der Waals surface area contributed by atoms with Crippen molar-refractivity contribution in [1.82, 2.24) is 0 Å². The molecule has 0 unspecified atom stereocenters. The van der Waals surface area contributed by atoms with Gasteiger partial charge in [-0.25, -0.2) is 0 Å². The van der Waals surface area contributed by atoms with Crippen LogP contribution >= 0.6 is 37.2 Å². The number of halogens is 3. The molecule has 0 aromatic rings. The van der Waals surface area contributed by atoms with Gasteiger partial charge in [-0.05, 0) is 0 Å². The third kappa shape index (κ3) is 29.0. The van der Waals surface area contributed by atoms with E-state index < -0.39 is 0 Å². The summed E-state index contributed by atoms with van der Waals surface area (Å²) < 4.78 is 0. The molecule has 0 saturated carbocycles. The van der Waals surface area contributed by atoms with Crippen LogP contribution in [0, 0.1) is 0 Å². The average molecular weight is 235 g/mol. The summed E-state index contributed by atoms with van der Waals surface area (Å²) in [4.78, 5) is 0. The van der Waals surface area contributed by atoms with Crippen molar-refractivity contribution in [2.75, 3.05) is 0 Å². The van der Waals surface area contributed by atoms with E-state index in [0.717, 1.165) is 0 Å². The maximum atomic E-state index is 0. The van der Waals surface area contributed by atoms with Gasteiger partial charge < -0.3 is 0 Å². The second-order valence-corrected chi connectivity index (χ2v) is 0. The monoisotopic (exact) mass is 234 g/mol. The summed E-state index contributed by atoms with van der Waals surface area (Å²) in [5.41, 5.74) is 0. The van der Waals surface area contributed by atoms with Crippen LogP contribution in [0.25, 0.3) is 0 Å². The van der Waals surface area contributed by atoms with Crippen LogP contribution in [0.4, 0.5) is 0 Å². The molecule has 0 aliphatic rings. The fourth-order valence-electron chi connectivity index (χ4n) is 0. The van der Waals surface area contributed by atoms with Crippen molar-refractivity contribution >= 4 is 54.6 Å². The quantitative estimate of drug-likeness (QED) is 0.521. The van der Waals surface area contributed by atoms with Gasteiger partial charge in [-0.1, -0.05) is 0 Å². The largest absolute Gasteiger partial charge is 0.187 e. The SMILES string of the molecule is Cl.Cl.Cl.[AlH3].[Ti].[Ti]. The summed E-state index contributed by atoms with van der Waals surface area (Å²) in [5, 5.41) is 0. The summed E-state index contributed by atoms with van der Waals surface area (Å²) in [6, 6.07) is 0. The maximum Gasteiger partial charge on any atom is 0.187 e. The summed E-state index contributed by atoms with van der Waals surface area (Å²) in [7, 11) is 0. The van der Waals surface area contributed by atoms with Crippen molar-refractivity contribution in [3.05, 3.63) is 0 Å². The van der Waals surface area contributed by atoms with Crippen LogP contribution in [0.2, 0.25) is 0 Å². The van der Waals surface area contributed by atoms with E-state index in [4.69, 9.17) is 0 Å². The van der Waals surface area contributed by atoms with Crippen LogP contribution < -0.4 is 0 Å². The molecular weight excluding hydrogens is 229 g/mol. The minimum atomic E-state index is 0. The molecule has 0 heterocycles. The van der Waals surface area contributed by atoms with Crippen molar-refractivity contribution in [3.63, 3.8) is 0 Å². The first-order chi connectivity index (χ1) is 0. The van der Waals surface area contributed by atoms with Gasteiger partial charge >= 0.3 is 0 Å². The fraction of sp³-hybridized carbons (Fsp3) is 0. The zero-order valence-corrected chi connectivity index (χ0v) is 7.80. The van der Waals surface area contributed by atoms with Gasteiger partial charge in [0.1, 0.15) is 0 Å². The first kappa shape index (κ1) is 67.6. The zero-order valence-electron chi connectivity index (χ0n) is 2.22.